The Balaban J connectivity index is 1.65. The van der Waals surface area contributed by atoms with Crippen molar-refractivity contribution in [2.45, 2.75) is 29.1 Å². The van der Waals surface area contributed by atoms with Crippen LogP contribution in [0.3, 0.4) is 0 Å². The number of fused-ring (bicyclic) bond motifs is 1. The number of pyridine rings is 1. The Hall–Kier alpha value is -1.78. The van der Waals surface area contributed by atoms with Crippen LogP contribution in [-0.4, -0.2) is 47.9 Å². The third-order valence-corrected chi connectivity index (χ3v) is 7.44. The van der Waals surface area contributed by atoms with Crippen LogP contribution in [0.15, 0.2) is 34.7 Å². The van der Waals surface area contributed by atoms with Crippen LogP contribution in [0.4, 0.5) is 0 Å². The molecule has 4 rings (SSSR count). The van der Waals surface area contributed by atoms with Crippen LogP contribution < -0.4 is 4.72 Å². The van der Waals surface area contributed by atoms with Crippen LogP contribution in [0.1, 0.15) is 24.5 Å². The van der Waals surface area contributed by atoms with Gasteiger partial charge in [-0.05, 0) is 43.0 Å². The van der Waals surface area contributed by atoms with Crippen molar-refractivity contribution in [1.82, 2.24) is 14.7 Å². The highest BCUT2D eigenvalue weighted by Crippen LogP contribution is 2.42. The molecule has 0 amide bonds. The number of aliphatic hydroxyl groups excluding tert-OH is 2. The molecule has 26 heavy (non-hydrogen) atoms. The van der Waals surface area contributed by atoms with E-state index in [2.05, 4.69) is 20.8 Å². The normalized spacial score (nSPS) is 16.2. The molecule has 3 aromatic heterocycles. The van der Waals surface area contributed by atoms with Gasteiger partial charge in [0.2, 0.25) is 10.0 Å². The first-order valence-corrected chi connectivity index (χ1v) is 10.6. The summed E-state index contributed by atoms with van der Waals surface area (Å²) in [5, 5.41) is 19.1. The van der Waals surface area contributed by atoms with E-state index in [0.717, 1.165) is 32.8 Å². The largest absolute Gasteiger partial charge is 0.394 e. The van der Waals surface area contributed by atoms with E-state index in [1.165, 1.54) is 18.5 Å². The predicted molar refractivity (Wildman–Crippen MR) is 99.7 cm³/mol. The molecular formula is C17H19N3O4S2. The summed E-state index contributed by atoms with van der Waals surface area (Å²) in [6.45, 7) is -0.724. The van der Waals surface area contributed by atoms with Crippen LogP contribution in [0, 0.1) is 0 Å². The third kappa shape index (κ3) is 3.40. The number of aromatic nitrogens is 2. The smallest absolute Gasteiger partial charge is 0.250 e. The van der Waals surface area contributed by atoms with Crippen LogP contribution >= 0.6 is 11.3 Å². The summed E-state index contributed by atoms with van der Waals surface area (Å²) in [6.07, 6.45) is 2.98. The van der Waals surface area contributed by atoms with E-state index in [4.69, 9.17) is 5.11 Å². The molecule has 4 N–H and O–H groups in total. The molecule has 0 aliphatic heterocycles. The number of rotatable bonds is 7. The summed E-state index contributed by atoms with van der Waals surface area (Å²) in [5.41, 5.74) is 2.94. The minimum Gasteiger partial charge on any atom is -0.394 e. The van der Waals surface area contributed by atoms with Crippen molar-refractivity contribution in [2.75, 3.05) is 13.2 Å². The van der Waals surface area contributed by atoms with Gasteiger partial charge in [0, 0.05) is 34.3 Å². The van der Waals surface area contributed by atoms with Crippen molar-refractivity contribution < 1.29 is 18.6 Å². The average molecular weight is 393 g/mol. The van der Waals surface area contributed by atoms with Gasteiger partial charge in [0.05, 0.1) is 12.7 Å². The summed E-state index contributed by atoms with van der Waals surface area (Å²) in [6, 6.07) is 7.33. The zero-order chi connectivity index (χ0) is 18.3. The fourth-order valence-corrected chi connectivity index (χ4v) is 5.29. The standard InChI is InChI=1S/C17H19N3O4S2/c21-9-11(22)8-19-26(23,24)16-4-3-15(25-16)12-5-6-18-17-13(12)7-14(20-17)10-1-2-10/h3-7,10-11,19,21-22H,1-2,8-9H2,(H,18,20). The number of hydrogen-bond acceptors (Lipinski definition) is 6. The van der Waals surface area contributed by atoms with E-state index in [1.54, 1.807) is 18.3 Å². The molecule has 138 valence electrons. The molecule has 0 saturated heterocycles. The summed E-state index contributed by atoms with van der Waals surface area (Å²) in [5.74, 6) is 0.582. The van der Waals surface area contributed by atoms with Gasteiger partial charge in [0.1, 0.15) is 9.86 Å². The maximum Gasteiger partial charge on any atom is 0.250 e. The Morgan fingerprint density at radius 1 is 1.35 bits per heavy atom. The van der Waals surface area contributed by atoms with Gasteiger partial charge in [-0.1, -0.05) is 0 Å². The Morgan fingerprint density at radius 2 is 2.15 bits per heavy atom. The summed E-state index contributed by atoms with van der Waals surface area (Å²) < 4.78 is 27.2. The van der Waals surface area contributed by atoms with Crippen LogP contribution in [-0.2, 0) is 10.0 Å². The van der Waals surface area contributed by atoms with Crippen LogP contribution in [0.5, 0.6) is 0 Å². The molecule has 1 unspecified atom stereocenters. The maximum atomic E-state index is 12.4. The number of aromatic amines is 1. The number of hydrogen-bond donors (Lipinski definition) is 4. The van der Waals surface area contributed by atoms with Crippen LogP contribution in [0.25, 0.3) is 21.5 Å². The minimum absolute atomic E-state index is 0.167. The Bertz CT molecular complexity index is 1040. The van der Waals surface area contributed by atoms with Gasteiger partial charge in [-0.3, -0.25) is 0 Å². The third-order valence-electron chi connectivity index (χ3n) is 4.40. The lowest BCUT2D eigenvalue weighted by Gasteiger charge is -2.08. The van der Waals surface area contributed by atoms with E-state index < -0.39 is 22.7 Å². The summed E-state index contributed by atoms with van der Waals surface area (Å²) in [7, 11) is -3.73. The Morgan fingerprint density at radius 3 is 2.88 bits per heavy atom. The predicted octanol–water partition coefficient (Wildman–Crippen LogP) is 1.80. The molecule has 0 bridgehead atoms. The Kier molecular flexibility index (Phi) is 4.57. The lowest BCUT2D eigenvalue weighted by Crippen LogP contribution is -2.33. The molecule has 0 aromatic carbocycles. The van der Waals surface area contributed by atoms with Gasteiger partial charge in [0.15, 0.2) is 0 Å². The molecule has 0 radical (unpaired) electrons. The van der Waals surface area contributed by atoms with Gasteiger partial charge in [0.25, 0.3) is 0 Å². The van der Waals surface area contributed by atoms with Gasteiger partial charge in [-0.25, -0.2) is 18.1 Å². The molecule has 9 heteroatoms. The average Bonchev–Trinajstić information content (AvgIpc) is 3.19. The zero-order valence-corrected chi connectivity index (χ0v) is 15.5. The fraction of sp³-hybridized carbons (Fsp3) is 0.353. The fourth-order valence-electron chi connectivity index (χ4n) is 2.83. The molecule has 1 fully saturated rings. The molecule has 0 spiro atoms. The van der Waals surface area contributed by atoms with Crippen molar-refractivity contribution in [3.05, 3.63) is 36.2 Å². The molecule has 7 nitrogen and oxygen atoms in total. The summed E-state index contributed by atoms with van der Waals surface area (Å²) in [4.78, 5) is 8.57. The van der Waals surface area contributed by atoms with Gasteiger partial charge >= 0.3 is 0 Å². The SMILES string of the molecule is O=S(=O)(NCC(O)CO)c1ccc(-c2ccnc3[nH]c(C4CC4)cc23)s1. The van der Waals surface area contributed by atoms with E-state index in [-0.39, 0.29) is 10.8 Å². The van der Waals surface area contributed by atoms with E-state index >= 15 is 0 Å². The highest BCUT2D eigenvalue weighted by Gasteiger charge is 2.26. The molecule has 1 aliphatic rings. The van der Waals surface area contributed by atoms with E-state index in [0.29, 0.717) is 5.92 Å². The number of sulfonamides is 1. The van der Waals surface area contributed by atoms with E-state index in [9.17, 15) is 13.5 Å². The van der Waals surface area contributed by atoms with Crippen molar-refractivity contribution in [2.24, 2.45) is 0 Å². The second-order valence-electron chi connectivity index (χ2n) is 6.43. The lowest BCUT2D eigenvalue weighted by atomic mass is 10.1. The van der Waals surface area contributed by atoms with Gasteiger partial charge in [-0.15, -0.1) is 11.3 Å². The second-order valence-corrected chi connectivity index (χ2v) is 9.50. The molecule has 3 aromatic rings. The van der Waals surface area contributed by atoms with Crippen molar-refractivity contribution >= 4 is 32.4 Å². The van der Waals surface area contributed by atoms with Gasteiger partial charge in [-0.2, -0.15) is 0 Å². The highest BCUT2D eigenvalue weighted by molar-refractivity contribution is 7.91. The monoisotopic (exact) mass is 393 g/mol. The quantitative estimate of drug-likeness (QED) is 0.489. The van der Waals surface area contributed by atoms with Crippen molar-refractivity contribution in [3.63, 3.8) is 0 Å². The first kappa shape index (κ1) is 17.6. The van der Waals surface area contributed by atoms with Crippen molar-refractivity contribution in [1.29, 1.82) is 0 Å². The first-order valence-electron chi connectivity index (χ1n) is 8.34. The van der Waals surface area contributed by atoms with Crippen molar-refractivity contribution in [3.8, 4) is 10.4 Å². The zero-order valence-electron chi connectivity index (χ0n) is 13.8. The van der Waals surface area contributed by atoms with Crippen LogP contribution in [0.2, 0.25) is 0 Å². The number of nitrogens with one attached hydrogen (secondary N) is 2. The summed E-state index contributed by atoms with van der Waals surface area (Å²) >= 11 is 1.16. The molecule has 1 saturated carbocycles. The highest BCUT2D eigenvalue weighted by atomic mass is 32.2. The minimum atomic E-state index is -3.73. The maximum absolute atomic E-state index is 12.4. The topological polar surface area (TPSA) is 115 Å². The Labute approximate surface area is 154 Å². The number of H-pyrrole nitrogens is 1. The molecule has 3 heterocycles. The number of aliphatic hydroxyl groups is 2. The molecule has 1 aliphatic carbocycles. The molecular weight excluding hydrogens is 374 g/mol. The number of thiophene rings is 1. The molecule has 1 atom stereocenters. The second kappa shape index (κ2) is 6.75. The first-order chi connectivity index (χ1) is 12.5. The van der Waals surface area contributed by atoms with E-state index in [1.807, 2.05) is 6.07 Å². The number of nitrogens with zero attached hydrogens (tertiary/aromatic N) is 1. The van der Waals surface area contributed by atoms with Gasteiger partial charge < -0.3 is 15.2 Å². The lowest BCUT2D eigenvalue weighted by molar-refractivity contribution is 0.0988.